The highest BCUT2D eigenvalue weighted by Gasteiger charge is 2.33. The van der Waals surface area contributed by atoms with Crippen LogP contribution in [0, 0.1) is 19.8 Å². The molecule has 15 heavy (non-hydrogen) atoms. The molecule has 1 aliphatic rings. The molecule has 0 amide bonds. The van der Waals surface area contributed by atoms with Crippen molar-refractivity contribution in [2.45, 2.75) is 46.1 Å². The molecule has 0 saturated heterocycles. The van der Waals surface area contributed by atoms with Crippen LogP contribution in [0.5, 0.6) is 0 Å². The van der Waals surface area contributed by atoms with E-state index in [0.717, 1.165) is 12.5 Å². The first-order chi connectivity index (χ1) is 7.22. The van der Waals surface area contributed by atoms with E-state index in [4.69, 9.17) is 0 Å². The molecule has 2 rings (SSSR count). The molecular weight excluding hydrogens is 202 g/mol. The van der Waals surface area contributed by atoms with Crippen LogP contribution in [0.3, 0.4) is 0 Å². The first kappa shape index (κ1) is 11.2. The molecule has 84 valence electrons. The molecule has 1 atom stereocenters. The maximum Gasteiger partial charge on any atom is 0.0446 e. The number of hydrogen-bond donors (Lipinski definition) is 1. The highest BCUT2D eigenvalue weighted by atomic mass is 32.1. The van der Waals surface area contributed by atoms with Gasteiger partial charge in [-0.2, -0.15) is 0 Å². The molecule has 1 heterocycles. The second kappa shape index (κ2) is 4.67. The minimum atomic E-state index is 0.642. The molecule has 1 nitrogen and oxygen atoms in total. The molecule has 1 aromatic rings. The number of thiophene rings is 1. The van der Waals surface area contributed by atoms with Gasteiger partial charge in [-0.1, -0.05) is 6.92 Å². The van der Waals surface area contributed by atoms with Crippen molar-refractivity contribution < 1.29 is 0 Å². The second-order valence-electron chi connectivity index (χ2n) is 4.67. The van der Waals surface area contributed by atoms with E-state index in [2.05, 4.69) is 32.2 Å². The molecule has 1 fully saturated rings. The van der Waals surface area contributed by atoms with Crippen molar-refractivity contribution in [1.82, 2.24) is 5.32 Å². The Morgan fingerprint density at radius 3 is 2.67 bits per heavy atom. The summed E-state index contributed by atoms with van der Waals surface area (Å²) in [6, 6.07) is 2.96. The third kappa shape index (κ3) is 2.61. The van der Waals surface area contributed by atoms with Gasteiger partial charge in [-0.05, 0) is 57.2 Å². The number of rotatable bonds is 5. The first-order valence-electron chi connectivity index (χ1n) is 6.02. The lowest BCUT2D eigenvalue weighted by molar-refractivity contribution is 0.486. The van der Waals surface area contributed by atoms with Gasteiger partial charge < -0.3 is 5.32 Å². The molecule has 1 N–H and O–H groups in total. The summed E-state index contributed by atoms with van der Waals surface area (Å²) < 4.78 is 0. The fraction of sp³-hybridized carbons (Fsp3) is 0.692. The van der Waals surface area contributed by atoms with Crippen LogP contribution in [-0.2, 0) is 0 Å². The average Bonchev–Trinajstić information content (AvgIpc) is 2.95. The largest absolute Gasteiger partial charge is 0.309 e. The molecule has 0 aliphatic heterocycles. The number of aryl methyl sites for hydroxylation is 2. The Bertz CT molecular complexity index is 325. The van der Waals surface area contributed by atoms with Gasteiger partial charge >= 0.3 is 0 Å². The Labute approximate surface area is 96.9 Å². The van der Waals surface area contributed by atoms with E-state index >= 15 is 0 Å². The predicted molar refractivity (Wildman–Crippen MR) is 67.6 cm³/mol. The second-order valence-corrected chi connectivity index (χ2v) is 5.96. The lowest BCUT2D eigenvalue weighted by Crippen LogP contribution is -2.23. The normalized spacial score (nSPS) is 18.1. The van der Waals surface area contributed by atoms with E-state index in [1.807, 2.05) is 11.3 Å². The topological polar surface area (TPSA) is 12.0 Å². The van der Waals surface area contributed by atoms with Gasteiger partial charge in [0.05, 0.1) is 0 Å². The van der Waals surface area contributed by atoms with Gasteiger partial charge in [0.1, 0.15) is 0 Å². The summed E-state index contributed by atoms with van der Waals surface area (Å²) in [5.41, 5.74) is 1.48. The third-order valence-corrected chi connectivity index (χ3v) is 4.31. The Hall–Kier alpha value is -0.340. The monoisotopic (exact) mass is 223 g/mol. The maximum absolute atomic E-state index is 3.71. The zero-order valence-electron chi connectivity index (χ0n) is 9.97. The van der Waals surface area contributed by atoms with E-state index in [9.17, 15) is 0 Å². The zero-order chi connectivity index (χ0) is 10.8. The van der Waals surface area contributed by atoms with Gasteiger partial charge in [-0.3, -0.25) is 0 Å². The summed E-state index contributed by atoms with van der Waals surface area (Å²) in [5, 5.41) is 3.71. The van der Waals surface area contributed by atoms with Crippen molar-refractivity contribution in [1.29, 1.82) is 0 Å². The first-order valence-corrected chi connectivity index (χ1v) is 6.84. The van der Waals surface area contributed by atoms with Crippen molar-refractivity contribution in [3.63, 3.8) is 0 Å². The predicted octanol–water partition coefficient (Wildman–Crippen LogP) is 3.82. The molecular formula is C13H21NS. The van der Waals surface area contributed by atoms with E-state index in [0.29, 0.717) is 6.04 Å². The van der Waals surface area contributed by atoms with Crippen LogP contribution in [0.1, 0.15) is 47.5 Å². The minimum absolute atomic E-state index is 0.642. The van der Waals surface area contributed by atoms with Crippen molar-refractivity contribution in [3.05, 3.63) is 21.4 Å². The smallest absolute Gasteiger partial charge is 0.0446 e. The molecule has 1 aliphatic carbocycles. The summed E-state index contributed by atoms with van der Waals surface area (Å²) in [6.07, 6.45) is 4.06. The fourth-order valence-electron chi connectivity index (χ4n) is 2.17. The highest BCUT2D eigenvalue weighted by molar-refractivity contribution is 7.12. The van der Waals surface area contributed by atoms with Crippen LogP contribution in [0.25, 0.3) is 0 Å². The standard InChI is InChI=1S/C13H21NS/c1-4-7-14-12(11-5-6-11)13-9(2)8-10(3)15-13/h8,11-12,14H,4-7H2,1-3H3. The van der Waals surface area contributed by atoms with Crippen LogP contribution in [-0.4, -0.2) is 6.54 Å². The van der Waals surface area contributed by atoms with E-state index in [1.54, 1.807) is 4.88 Å². The van der Waals surface area contributed by atoms with Gasteiger partial charge in [0, 0.05) is 15.8 Å². The van der Waals surface area contributed by atoms with Gasteiger partial charge in [0.15, 0.2) is 0 Å². The summed E-state index contributed by atoms with van der Waals surface area (Å²) in [5.74, 6) is 0.910. The molecule has 1 saturated carbocycles. The van der Waals surface area contributed by atoms with Gasteiger partial charge in [0.2, 0.25) is 0 Å². The molecule has 1 aromatic heterocycles. The van der Waals surface area contributed by atoms with Crippen LogP contribution in [0.2, 0.25) is 0 Å². The van der Waals surface area contributed by atoms with Crippen molar-refractivity contribution >= 4 is 11.3 Å². The summed E-state index contributed by atoms with van der Waals surface area (Å²) in [4.78, 5) is 3.04. The maximum atomic E-state index is 3.71. The lowest BCUT2D eigenvalue weighted by Gasteiger charge is -2.17. The van der Waals surface area contributed by atoms with Crippen molar-refractivity contribution in [2.75, 3.05) is 6.54 Å². The van der Waals surface area contributed by atoms with Gasteiger partial charge in [-0.15, -0.1) is 11.3 Å². The van der Waals surface area contributed by atoms with E-state index in [-0.39, 0.29) is 0 Å². The molecule has 1 unspecified atom stereocenters. The summed E-state index contributed by atoms with van der Waals surface area (Å²) in [7, 11) is 0. The molecule has 2 heteroatoms. The van der Waals surface area contributed by atoms with Gasteiger partial charge in [0.25, 0.3) is 0 Å². The highest BCUT2D eigenvalue weighted by Crippen LogP contribution is 2.44. The van der Waals surface area contributed by atoms with Crippen LogP contribution < -0.4 is 5.32 Å². The van der Waals surface area contributed by atoms with Crippen molar-refractivity contribution in [3.8, 4) is 0 Å². The quantitative estimate of drug-likeness (QED) is 0.800. The Kier molecular flexibility index (Phi) is 3.47. The molecule has 0 bridgehead atoms. The Balaban J connectivity index is 2.12. The summed E-state index contributed by atoms with van der Waals surface area (Å²) >= 11 is 1.98. The van der Waals surface area contributed by atoms with Crippen LogP contribution in [0.15, 0.2) is 6.07 Å². The van der Waals surface area contributed by atoms with Gasteiger partial charge in [-0.25, -0.2) is 0 Å². The SMILES string of the molecule is CCCNC(c1sc(C)cc1C)C1CC1. The number of nitrogens with one attached hydrogen (secondary N) is 1. The lowest BCUT2D eigenvalue weighted by atomic mass is 10.1. The molecule has 0 aromatic carbocycles. The third-order valence-electron chi connectivity index (χ3n) is 3.07. The average molecular weight is 223 g/mol. The van der Waals surface area contributed by atoms with Crippen molar-refractivity contribution in [2.24, 2.45) is 5.92 Å². The summed E-state index contributed by atoms with van der Waals surface area (Å²) in [6.45, 7) is 7.85. The number of hydrogen-bond acceptors (Lipinski definition) is 2. The fourth-order valence-corrected chi connectivity index (χ4v) is 3.38. The van der Waals surface area contributed by atoms with Crippen LogP contribution in [0.4, 0.5) is 0 Å². The molecule has 0 radical (unpaired) electrons. The van der Waals surface area contributed by atoms with Crippen LogP contribution >= 0.6 is 11.3 Å². The minimum Gasteiger partial charge on any atom is -0.309 e. The van der Waals surface area contributed by atoms with E-state index < -0.39 is 0 Å². The Morgan fingerprint density at radius 1 is 1.47 bits per heavy atom. The Morgan fingerprint density at radius 2 is 2.20 bits per heavy atom. The van der Waals surface area contributed by atoms with E-state index in [1.165, 1.54) is 29.7 Å². The zero-order valence-corrected chi connectivity index (χ0v) is 10.8. The molecule has 0 spiro atoms.